The summed E-state index contributed by atoms with van der Waals surface area (Å²) in [6.07, 6.45) is 3.51. The van der Waals surface area contributed by atoms with Gasteiger partial charge in [-0.25, -0.2) is 0 Å². The van der Waals surface area contributed by atoms with Crippen LogP contribution in [0, 0.1) is 0 Å². The van der Waals surface area contributed by atoms with Crippen molar-refractivity contribution in [3.8, 4) is 28.5 Å². The zero-order chi connectivity index (χ0) is 20.6. The summed E-state index contributed by atoms with van der Waals surface area (Å²) >= 11 is 1.53. The van der Waals surface area contributed by atoms with Crippen LogP contribution < -0.4 is 19.0 Å². The van der Waals surface area contributed by atoms with E-state index >= 15 is 0 Å². The Balaban J connectivity index is 1.97. The molecule has 150 valence electrons. The van der Waals surface area contributed by atoms with E-state index in [1.165, 1.54) is 11.3 Å². The highest BCUT2D eigenvalue weighted by Crippen LogP contribution is 2.37. The van der Waals surface area contributed by atoms with Gasteiger partial charge in [-0.3, -0.25) is 0 Å². The average molecular weight is 410 g/mol. The van der Waals surface area contributed by atoms with Gasteiger partial charge in [-0.05, 0) is 17.7 Å². The first-order valence-electron chi connectivity index (χ1n) is 8.93. The Hall–Kier alpha value is -3.32. The summed E-state index contributed by atoms with van der Waals surface area (Å²) in [6, 6.07) is 13.8. The van der Waals surface area contributed by atoms with Crippen molar-refractivity contribution in [2.75, 3.05) is 21.3 Å². The normalized spacial score (nSPS) is 11.6. The molecule has 0 aliphatic rings. The van der Waals surface area contributed by atoms with Gasteiger partial charge in [-0.2, -0.15) is 5.10 Å². The van der Waals surface area contributed by atoms with Crippen LogP contribution in [0.2, 0.25) is 0 Å². The highest BCUT2D eigenvalue weighted by atomic mass is 32.1. The monoisotopic (exact) mass is 409 g/mol. The van der Waals surface area contributed by atoms with Crippen LogP contribution in [0.25, 0.3) is 11.3 Å². The molecule has 2 aromatic carbocycles. The van der Waals surface area contributed by atoms with Crippen LogP contribution in [0.5, 0.6) is 17.2 Å². The fraction of sp³-hybridized carbons (Fsp3) is 0.182. The highest BCUT2D eigenvalue weighted by molar-refractivity contribution is 7.07. The Morgan fingerprint density at radius 2 is 1.72 bits per heavy atom. The maximum absolute atomic E-state index is 5.38. The summed E-state index contributed by atoms with van der Waals surface area (Å²) in [4.78, 5) is 0.785. The van der Waals surface area contributed by atoms with E-state index in [1.807, 2.05) is 36.4 Å². The topological polar surface area (TPSA) is 57.3 Å². The fourth-order valence-electron chi connectivity index (χ4n) is 2.88. The summed E-state index contributed by atoms with van der Waals surface area (Å²) in [6.45, 7) is 4.50. The van der Waals surface area contributed by atoms with Crippen LogP contribution in [-0.2, 0) is 6.54 Å². The molecule has 0 aliphatic heterocycles. The van der Waals surface area contributed by atoms with E-state index in [9.17, 15) is 0 Å². The van der Waals surface area contributed by atoms with Crippen LogP contribution in [0.1, 0.15) is 5.56 Å². The number of benzene rings is 2. The molecule has 0 N–H and O–H groups in total. The number of hydrogen-bond acceptors (Lipinski definition) is 6. The number of thiazole rings is 1. The quantitative estimate of drug-likeness (QED) is 0.315. The summed E-state index contributed by atoms with van der Waals surface area (Å²) in [7, 11) is 4.73. The molecule has 7 heteroatoms. The smallest absolute Gasteiger partial charge is 0.211 e. The lowest BCUT2D eigenvalue weighted by Gasteiger charge is -2.12. The minimum Gasteiger partial charge on any atom is -0.493 e. The first-order valence-corrected chi connectivity index (χ1v) is 9.81. The third-order valence-electron chi connectivity index (χ3n) is 4.22. The maximum Gasteiger partial charge on any atom is 0.211 e. The predicted molar refractivity (Wildman–Crippen MR) is 117 cm³/mol. The molecule has 0 spiro atoms. The van der Waals surface area contributed by atoms with Gasteiger partial charge < -0.3 is 18.8 Å². The summed E-state index contributed by atoms with van der Waals surface area (Å²) in [5, 5.41) is 10.8. The fourth-order valence-corrected chi connectivity index (χ4v) is 3.75. The van der Waals surface area contributed by atoms with Crippen molar-refractivity contribution in [3.63, 3.8) is 0 Å². The number of hydrogen-bond donors (Lipinski definition) is 0. The molecular weight excluding hydrogens is 386 g/mol. The standard InChI is InChI=1S/C22H23N3O3S/c1-5-11-25-18(17-9-7-6-8-10-17)15-29-22(25)24-23-14-16-12-19(26-2)21(28-4)20(13-16)27-3/h5-10,12-15H,1,11H2,2-4H3/b23-14+,24-22-. The van der Waals surface area contributed by atoms with Gasteiger partial charge in [0.15, 0.2) is 11.5 Å². The second-order valence-electron chi connectivity index (χ2n) is 5.97. The summed E-state index contributed by atoms with van der Waals surface area (Å²) in [5.74, 6) is 1.67. The van der Waals surface area contributed by atoms with Gasteiger partial charge >= 0.3 is 0 Å². The van der Waals surface area contributed by atoms with Crippen LogP contribution in [-0.4, -0.2) is 32.1 Å². The minimum atomic E-state index is 0.540. The molecule has 0 saturated heterocycles. The Labute approximate surface area is 174 Å². The van der Waals surface area contributed by atoms with Crippen LogP contribution in [0.3, 0.4) is 0 Å². The Morgan fingerprint density at radius 3 is 2.31 bits per heavy atom. The van der Waals surface area contributed by atoms with Crippen molar-refractivity contribution in [2.24, 2.45) is 10.2 Å². The average Bonchev–Trinajstić information content (AvgIpc) is 3.16. The van der Waals surface area contributed by atoms with E-state index < -0.39 is 0 Å². The molecule has 1 heterocycles. The van der Waals surface area contributed by atoms with Crippen molar-refractivity contribution < 1.29 is 14.2 Å². The SMILES string of the molecule is C=CCn1c(-c2ccccc2)cs/c1=N\N=C\c1cc(OC)c(OC)c(OC)c1. The summed E-state index contributed by atoms with van der Waals surface area (Å²) < 4.78 is 18.2. The molecule has 3 rings (SSSR count). The van der Waals surface area contributed by atoms with Crippen molar-refractivity contribution in [3.05, 3.63) is 70.9 Å². The van der Waals surface area contributed by atoms with Crippen LogP contribution >= 0.6 is 11.3 Å². The minimum absolute atomic E-state index is 0.540. The Bertz CT molecular complexity index is 1040. The molecule has 0 bridgehead atoms. The molecule has 0 fully saturated rings. The van der Waals surface area contributed by atoms with Gasteiger partial charge in [0.25, 0.3) is 0 Å². The first kappa shape index (κ1) is 20.4. The molecule has 6 nitrogen and oxygen atoms in total. The zero-order valence-corrected chi connectivity index (χ0v) is 17.5. The third-order valence-corrected chi connectivity index (χ3v) is 5.07. The van der Waals surface area contributed by atoms with Gasteiger partial charge in [0.2, 0.25) is 10.6 Å². The van der Waals surface area contributed by atoms with E-state index in [1.54, 1.807) is 27.5 Å². The van der Waals surface area contributed by atoms with Crippen LogP contribution in [0.4, 0.5) is 0 Å². The van der Waals surface area contributed by atoms with E-state index in [0.717, 1.165) is 21.6 Å². The number of ether oxygens (including phenoxy) is 3. The van der Waals surface area contributed by atoms with E-state index in [0.29, 0.717) is 23.8 Å². The zero-order valence-electron chi connectivity index (χ0n) is 16.7. The second kappa shape index (κ2) is 9.75. The molecule has 1 aromatic heterocycles. The summed E-state index contributed by atoms with van der Waals surface area (Å²) in [5.41, 5.74) is 3.00. The molecular formula is C22H23N3O3S. The van der Waals surface area contributed by atoms with Gasteiger partial charge in [-0.15, -0.1) is 23.0 Å². The predicted octanol–water partition coefficient (Wildman–Crippen LogP) is 4.36. The Morgan fingerprint density at radius 1 is 1.03 bits per heavy atom. The van der Waals surface area contributed by atoms with Crippen molar-refractivity contribution in [2.45, 2.75) is 6.54 Å². The third kappa shape index (κ3) is 4.57. The number of nitrogens with zero attached hydrogens (tertiary/aromatic N) is 3. The van der Waals surface area contributed by atoms with Crippen molar-refractivity contribution in [1.82, 2.24) is 4.57 Å². The van der Waals surface area contributed by atoms with Crippen molar-refractivity contribution >= 4 is 17.6 Å². The number of aromatic nitrogens is 1. The van der Waals surface area contributed by atoms with E-state index in [-0.39, 0.29) is 0 Å². The van der Waals surface area contributed by atoms with Gasteiger partial charge in [0.05, 0.1) is 33.2 Å². The van der Waals surface area contributed by atoms with Gasteiger partial charge in [0, 0.05) is 17.5 Å². The molecule has 0 aliphatic carbocycles. The molecule has 3 aromatic rings. The maximum atomic E-state index is 5.38. The van der Waals surface area contributed by atoms with E-state index in [4.69, 9.17) is 14.2 Å². The Kier molecular flexibility index (Phi) is 6.86. The lowest BCUT2D eigenvalue weighted by atomic mass is 10.2. The molecule has 0 atom stereocenters. The molecule has 0 radical (unpaired) electrons. The largest absolute Gasteiger partial charge is 0.493 e. The molecule has 0 unspecified atom stereocenters. The van der Waals surface area contributed by atoms with Gasteiger partial charge in [-0.1, -0.05) is 36.4 Å². The number of rotatable bonds is 8. The number of allylic oxidation sites excluding steroid dienone is 1. The van der Waals surface area contributed by atoms with Crippen LogP contribution in [0.15, 0.2) is 70.7 Å². The number of methoxy groups -OCH3 is 3. The second-order valence-corrected chi connectivity index (χ2v) is 6.81. The van der Waals surface area contributed by atoms with E-state index in [2.05, 4.69) is 38.9 Å². The van der Waals surface area contributed by atoms with Gasteiger partial charge in [0.1, 0.15) is 0 Å². The molecule has 0 saturated carbocycles. The molecule has 29 heavy (non-hydrogen) atoms. The van der Waals surface area contributed by atoms with Crippen molar-refractivity contribution in [1.29, 1.82) is 0 Å². The lowest BCUT2D eigenvalue weighted by molar-refractivity contribution is 0.324. The first-order chi connectivity index (χ1) is 14.2. The molecule has 0 amide bonds. The lowest BCUT2D eigenvalue weighted by Crippen LogP contribution is -2.14. The highest BCUT2D eigenvalue weighted by Gasteiger charge is 2.12.